The van der Waals surface area contributed by atoms with Crippen LogP contribution in [0.1, 0.15) is 37.2 Å². The summed E-state index contributed by atoms with van der Waals surface area (Å²) in [5.74, 6) is -0.0921. The SMILES string of the molecule is N#CC1=C(SCC(=O)N2CCCCC2)NC(=O)C[C@@H]1c1cccc(Br)c1. The molecule has 0 saturated carbocycles. The number of halogens is 1. The van der Waals surface area contributed by atoms with Crippen LogP contribution < -0.4 is 5.32 Å². The molecule has 0 aliphatic carbocycles. The zero-order valence-corrected chi connectivity index (χ0v) is 16.7. The fourth-order valence-electron chi connectivity index (χ4n) is 3.31. The Morgan fingerprint density at radius 1 is 1.35 bits per heavy atom. The van der Waals surface area contributed by atoms with Gasteiger partial charge in [-0.2, -0.15) is 5.26 Å². The molecule has 0 bridgehead atoms. The minimum Gasteiger partial charge on any atom is -0.342 e. The van der Waals surface area contributed by atoms with Crippen LogP contribution in [0.3, 0.4) is 0 Å². The van der Waals surface area contributed by atoms with Crippen LogP contribution in [0.4, 0.5) is 0 Å². The summed E-state index contributed by atoms with van der Waals surface area (Å²) in [7, 11) is 0. The quantitative estimate of drug-likeness (QED) is 0.787. The molecule has 26 heavy (non-hydrogen) atoms. The molecule has 5 nitrogen and oxygen atoms in total. The number of nitrogens with zero attached hydrogens (tertiary/aromatic N) is 2. The number of thioether (sulfide) groups is 1. The topological polar surface area (TPSA) is 73.2 Å². The minimum atomic E-state index is -0.279. The summed E-state index contributed by atoms with van der Waals surface area (Å²) < 4.78 is 0.910. The summed E-state index contributed by atoms with van der Waals surface area (Å²) in [6.07, 6.45) is 3.50. The maximum Gasteiger partial charge on any atom is 0.232 e. The van der Waals surface area contributed by atoms with E-state index in [0.717, 1.165) is 36.0 Å². The van der Waals surface area contributed by atoms with Crippen molar-refractivity contribution in [1.29, 1.82) is 5.26 Å². The Labute approximate surface area is 165 Å². The molecule has 136 valence electrons. The number of rotatable bonds is 4. The molecule has 7 heteroatoms. The molecule has 0 unspecified atom stereocenters. The third kappa shape index (κ3) is 4.49. The minimum absolute atomic E-state index is 0.0679. The first-order chi connectivity index (χ1) is 12.6. The Morgan fingerprint density at radius 3 is 2.81 bits per heavy atom. The van der Waals surface area contributed by atoms with Gasteiger partial charge in [0.1, 0.15) is 0 Å². The molecule has 1 saturated heterocycles. The Balaban J connectivity index is 1.77. The van der Waals surface area contributed by atoms with Gasteiger partial charge < -0.3 is 10.2 Å². The fraction of sp³-hybridized carbons (Fsp3) is 0.421. The number of nitrogens with one attached hydrogen (secondary N) is 1. The predicted octanol–water partition coefficient (Wildman–Crippen LogP) is 3.53. The third-order valence-electron chi connectivity index (χ3n) is 4.66. The summed E-state index contributed by atoms with van der Waals surface area (Å²) in [5, 5.41) is 13.0. The van der Waals surface area contributed by atoms with Crippen molar-refractivity contribution in [2.24, 2.45) is 0 Å². The van der Waals surface area contributed by atoms with E-state index in [-0.39, 0.29) is 29.9 Å². The van der Waals surface area contributed by atoms with Crippen molar-refractivity contribution >= 4 is 39.5 Å². The van der Waals surface area contributed by atoms with Crippen molar-refractivity contribution in [3.63, 3.8) is 0 Å². The molecular weight excluding hydrogens is 414 g/mol. The molecule has 2 amide bonds. The van der Waals surface area contributed by atoms with Crippen LogP contribution in [0.25, 0.3) is 0 Å². The van der Waals surface area contributed by atoms with Gasteiger partial charge >= 0.3 is 0 Å². The molecule has 0 spiro atoms. The van der Waals surface area contributed by atoms with Gasteiger partial charge in [-0.15, -0.1) is 0 Å². The van der Waals surface area contributed by atoms with Crippen molar-refractivity contribution in [2.45, 2.75) is 31.6 Å². The molecule has 1 N–H and O–H groups in total. The second kappa shape index (κ2) is 8.74. The van der Waals surface area contributed by atoms with Crippen molar-refractivity contribution in [1.82, 2.24) is 10.2 Å². The number of amides is 2. The van der Waals surface area contributed by atoms with E-state index < -0.39 is 0 Å². The molecule has 2 aliphatic heterocycles. The van der Waals surface area contributed by atoms with E-state index in [9.17, 15) is 14.9 Å². The number of piperidine rings is 1. The average Bonchev–Trinajstić information content (AvgIpc) is 2.66. The van der Waals surface area contributed by atoms with Gasteiger partial charge in [0, 0.05) is 29.9 Å². The fourth-order valence-corrected chi connectivity index (χ4v) is 4.71. The molecule has 2 heterocycles. The first-order valence-electron chi connectivity index (χ1n) is 8.68. The van der Waals surface area contributed by atoms with Crippen LogP contribution in [0.2, 0.25) is 0 Å². The Kier molecular flexibility index (Phi) is 6.38. The first kappa shape index (κ1) is 19.0. The zero-order valence-electron chi connectivity index (χ0n) is 14.3. The highest BCUT2D eigenvalue weighted by molar-refractivity contribution is 9.10. The molecule has 2 aliphatic rings. The molecule has 1 aromatic rings. The van der Waals surface area contributed by atoms with E-state index in [1.807, 2.05) is 29.2 Å². The van der Waals surface area contributed by atoms with Gasteiger partial charge in [-0.3, -0.25) is 9.59 Å². The van der Waals surface area contributed by atoms with Crippen LogP contribution in [0, 0.1) is 11.3 Å². The highest BCUT2D eigenvalue weighted by Gasteiger charge is 2.30. The lowest BCUT2D eigenvalue weighted by molar-refractivity contribution is -0.129. The van der Waals surface area contributed by atoms with Gasteiger partial charge in [0.25, 0.3) is 0 Å². The van der Waals surface area contributed by atoms with Crippen molar-refractivity contribution < 1.29 is 9.59 Å². The lowest BCUT2D eigenvalue weighted by Crippen LogP contribution is -2.37. The standard InChI is InChI=1S/C19H20BrN3O2S/c20-14-6-4-5-13(9-14)15-10-17(24)22-19(16(15)11-21)26-12-18(25)23-7-2-1-3-8-23/h4-6,9,15H,1-3,7-8,10,12H2,(H,22,24)/t15-/m1/s1. The van der Waals surface area contributed by atoms with E-state index in [1.54, 1.807) is 0 Å². The summed E-state index contributed by atoms with van der Waals surface area (Å²) in [6, 6.07) is 9.91. The molecule has 0 radical (unpaired) electrons. The van der Waals surface area contributed by atoms with E-state index in [4.69, 9.17) is 0 Å². The lowest BCUT2D eigenvalue weighted by Gasteiger charge is -2.28. The highest BCUT2D eigenvalue weighted by atomic mass is 79.9. The van der Waals surface area contributed by atoms with Gasteiger partial charge in [-0.1, -0.05) is 39.8 Å². The first-order valence-corrected chi connectivity index (χ1v) is 10.5. The number of likely N-dealkylation sites (tertiary alicyclic amines) is 1. The summed E-state index contributed by atoms with van der Waals surface area (Å²) >= 11 is 4.70. The largest absolute Gasteiger partial charge is 0.342 e. The normalized spacial score (nSPS) is 20.5. The zero-order chi connectivity index (χ0) is 18.5. The average molecular weight is 434 g/mol. The number of benzene rings is 1. The molecular formula is C19H20BrN3O2S. The van der Waals surface area contributed by atoms with Crippen molar-refractivity contribution in [2.75, 3.05) is 18.8 Å². The molecule has 1 fully saturated rings. The molecule has 3 rings (SSSR count). The van der Waals surface area contributed by atoms with Crippen LogP contribution >= 0.6 is 27.7 Å². The Hall–Kier alpha value is -1.78. The van der Waals surface area contributed by atoms with E-state index in [2.05, 4.69) is 27.3 Å². The maximum atomic E-state index is 12.4. The third-order valence-corrected chi connectivity index (χ3v) is 6.15. The number of hydrogen-bond acceptors (Lipinski definition) is 4. The Morgan fingerprint density at radius 2 is 2.12 bits per heavy atom. The molecule has 0 aromatic heterocycles. The smallest absolute Gasteiger partial charge is 0.232 e. The number of nitriles is 1. The second-order valence-corrected chi connectivity index (χ2v) is 8.35. The highest BCUT2D eigenvalue weighted by Crippen LogP contribution is 2.36. The van der Waals surface area contributed by atoms with Gasteiger partial charge in [0.15, 0.2) is 0 Å². The van der Waals surface area contributed by atoms with Crippen LogP contribution in [0.15, 0.2) is 39.3 Å². The lowest BCUT2D eigenvalue weighted by atomic mass is 9.87. The van der Waals surface area contributed by atoms with E-state index in [0.29, 0.717) is 10.6 Å². The van der Waals surface area contributed by atoms with Gasteiger partial charge in [-0.25, -0.2) is 0 Å². The number of carbonyl (C=O) groups is 2. The van der Waals surface area contributed by atoms with Crippen LogP contribution in [0.5, 0.6) is 0 Å². The van der Waals surface area contributed by atoms with Gasteiger partial charge in [-0.05, 0) is 37.0 Å². The van der Waals surface area contributed by atoms with E-state index in [1.165, 1.54) is 18.2 Å². The summed E-state index contributed by atoms with van der Waals surface area (Å²) in [5.41, 5.74) is 1.45. The van der Waals surface area contributed by atoms with Gasteiger partial charge in [0.05, 0.1) is 22.4 Å². The summed E-state index contributed by atoms with van der Waals surface area (Å²) in [4.78, 5) is 26.4. The summed E-state index contributed by atoms with van der Waals surface area (Å²) in [6.45, 7) is 1.60. The predicted molar refractivity (Wildman–Crippen MR) is 105 cm³/mol. The van der Waals surface area contributed by atoms with Crippen molar-refractivity contribution in [3.05, 3.63) is 44.9 Å². The van der Waals surface area contributed by atoms with Gasteiger partial charge in [0.2, 0.25) is 11.8 Å². The van der Waals surface area contributed by atoms with Crippen LogP contribution in [-0.2, 0) is 9.59 Å². The number of hydrogen-bond donors (Lipinski definition) is 1. The van der Waals surface area contributed by atoms with Crippen LogP contribution in [-0.4, -0.2) is 35.6 Å². The maximum absolute atomic E-state index is 12.4. The van der Waals surface area contributed by atoms with E-state index >= 15 is 0 Å². The Bertz CT molecular complexity index is 781. The molecule has 1 aromatic carbocycles. The van der Waals surface area contributed by atoms with Crippen molar-refractivity contribution in [3.8, 4) is 6.07 Å². The second-order valence-electron chi connectivity index (χ2n) is 6.44. The molecule has 1 atom stereocenters. The number of allylic oxidation sites excluding steroid dienone is 1. The number of carbonyl (C=O) groups excluding carboxylic acids is 2. The monoisotopic (exact) mass is 433 g/mol.